The van der Waals surface area contributed by atoms with E-state index in [2.05, 4.69) is 15.9 Å². The van der Waals surface area contributed by atoms with Crippen LogP contribution in [0.3, 0.4) is 0 Å². The third-order valence-corrected chi connectivity index (χ3v) is 3.37. The van der Waals surface area contributed by atoms with Gasteiger partial charge in [0.25, 0.3) is 5.69 Å². The highest BCUT2D eigenvalue weighted by Gasteiger charge is 2.16. The fourth-order valence-electron chi connectivity index (χ4n) is 1.70. The normalized spacial score (nSPS) is 10.2. The van der Waals surface area contributed by atoms with Crippen LogP contribution in [-0.4, -0.2) is 16.0 Å². The Labute approximate surface area is 128 Å². The lowest BCUT2D eigenvalue weighted by molar-refractivity contribution is -0.384. The van der Waals surface area contributed by atoms with Gasteiger partial charge in [-0.05, 0) is 41.1 Å². The molecule has 0 aliphatic heterocycles. The number of halogens is 1. The number of nitro groups is 1. The van der Waals surface area contributed by atoms with Gasteiger partial charge in [0.2, 0.25) is 0 Å². The van der Waals surface area contributed by atoms with Gasteiger partial charge >= 0.3 is 5.97 Å². The van der Waals surface area contributed by atoms with Crippen LogP contribution in [0.5, 0.6) is 11.5 Å². The Kier molecular flexibility index (Phi) is 4.23. The molecule has 0 spiro atoms. The van der Waals surface area contributed by atoms with E-state index in [4.69, 9.17) is 4.74 Å². The predicted molar refractivity (Wildman–Crippen MR) is 79.0 cm³/mol. The maximum atomic E-state index is 11.2. The third-order valence-electron chi connectivity index (χ3n) is 2.71. The summed E-state index contributed by atoms with van der Waals surface area (Å²) in [6.45, 7) is 1.76. The van der Waals surface area contributed by atoms with E-state index in [0.29, 0.717) is 4.47 Å². The van der Waals surface area contributed by atoms with Gasteiger partial charge in [0.15, 0.2) is 0 Å². The summed E-state index contributed by atoms with van der Waals surface area (Å²) < 4.78 is 6.01. The number of nitrogens with zero attached hydrogens (tertiary/aromatic N) is 1. The van der Waals surface area contributed by atoms with Gasteiger partial charge in [-0.25, -0.2) is 4.79 Å². The first-order valence-corrected chi connectivity index (χ1v) is 6.63. The maximum absolute atomic E-state index is 11.2. The summed E-state index contributed by atoms with van der Waals surface area (Å²) >= 11 is 3.22. The van der Waals surface area contributed by atoms with Gasteiger partial charge in [-0.1, -0.05) is 11.6 Å². The van der Waals surface area contributed by atoms with Crippen molar-refractivity contribution in [2.24, 2.45) is 0 Å². The molecule has 2 rings (SSSR count). The largest absolute Gasteiger partial charge is 0.478 e. The van der Waals surface area contributed by atoms with Crippen molar-refractivity contribution in [3.05, 3.63) is 62.1 Å². The molecule has 7 heteroatoms. The summed E-state index contributed by atoms with van der Waals surface area (Å²) in [4.78, 5) is 21.5. The van der Waals surface area contributed by atoms with Crippen LogP contribution in [0.4, 0.5) is 5.69 Å². The molecule has 0 saturated carbocycles. The molecule has 0 aliphatic carbocycles. The summed E-state index contributed by atoms with van der Waals surface area (Å²) in [5.74, 6) is -0.833. The number of carboxylic acid groups (broad SMARTS) is 1. The number of hydrogen-bond donors (Lipinski definition) is 1. The monoisotopic (exact) mass is 351 g/mol. The number of nitro benzene ring substituents is 1. The lowest BCUT2D eigenvalue weighted by atomic mass is 10.1. The molecule has 0 aromatic heterocycles. The van der Waals surface area contributed by atoms with Crippen LogP contribution < -0.4 is 4.74 Å². The molecule has 1 N–H and O–H groups in total. The quantitative estimate of drug-likeness (QED) is 0.659. The van der Waals surface area contributed by atoms with Gasteiger partial charge in [-0.15, -0.1) is 0 Å². The second kappa shape index (κ2) is 5.92. The fraction of sp³-hybridized carbons (Fsp3) is 0.0714. The second-order valence-corrected chi connectivity index (χ2v) is 5.13. The molecule has 2 aromatic rings. The van der Waals surface area contributed by atoms with Gasteiger partial charge in [0.1, 0.15) is 17.1 Å². The van der Waals surface area contributed by atoms with Crippen molar-refractivity contribution in [2.75, 3.05) is 0 Å². The van der Waals surface area contributed by atoms with Crippen LogP contribution >= 0.6 is 15.9 Å². The minimum atomic E-state index is -1.13. The smallest absolute Gasteiger partial charge is 0.339 e. The molecular formula is C14H10BrNO5. The topological polar surface area (TPSA) is 89.7 Å². The van der Waals surface area contributed by atoms with E-state index in [9.17, 15) is 20.0 Å². The van der Waals surface area contributed by atoms with Crippen LogP contribution in [0.2, 0.25) is 0 Å². The highest BCUT2D eigenvalue weighted by Crippen LogP contribution is 2.34. The van der Waals surface area contributed by atoms with Crippen molar-refractivity contribution < 1.29 is 19.6 Å². The Bertz CT molecular complexity index is 729. The van der Waals surface area contributed by atoms with Gasteiger partial charge in [0, 0.05) is 6.07 Å². The molecule has 0 radical (unpaired) electrons. The van der Waals surface area contributed by atoms with E-state index in [-0.39, 0.29) is 22.7 Å². The first-order chi connectivity index (χ1) is 9.88. The summed E-state index contributed by atoms with van der Waals surface area (Å²) in [6, 6.07) is 8.72. The molecule has 108 valence electrons. The first kappa shape index (κ1) is 15.0. The highest BCUT2D eigenvalue weighted by atomic mass is 79.9. The Balaban J connectivity index is 2.45. The maximum Gasteiger partial charge on any atom is 0.339 e. The molecule has 0 bridgehead atoms. The number of rotatable bonds is 4. The van der Waals surface area contributed by atoms with Crippen molar-refractivity contribution >= 4 is 27.6 Å². The van der Waals surface area contributed by atoms with Crippen molar-refractivity contribution in [3.63, 3.8) is 0 Å². The van der Waals surface area contributed by atoms with Crippen molar-refractivity contribution in [1.82, 2.24) is 0 Å². The Hall–Kier alpha value is -2.41. The first-order valence-electron chi connectivity index (χ1n) is 5.84. The molecule has 0 saturated heterocycles. The zero-order chi connectivity index (χ0) is 15.6. The SMILES string of the molecule is Cc1ccc(Oc2cc([N+](=O)[O-])ccc2Br)c(C(=O)O)c1. The lowest BCUT2D eigenvalue weighted by Crippen LogP contribution is -2.01. The predicted octanol–water partition coefficient (Wildman–Crippen LogP) is 4.16. The third kappa shape index (κ3) is 3.38. The number of hydrogen-bond acceptors (Lipinski definition) is 4. The lowest BCUT2D eigenvalue weighted by Gasteiger charge is -2.10. The van der Waals surface area contributed by atoms with Crippen LogP contribution in [-0.2, 0) is 0 Å². The second-order valence-electron chi connectivity index (χ2n) is 4.28. The van der Waals surface area contributed by atoms with E-state index < -0.39 is 10.9 Å². The molecule has 0 unspecified atom stereocenters. The number of carbonyl (C=O) groups is 1. The van der Waals surface area contributed by atoms with E-state index in [1.54, 1.807) is 13.0 Å². The van der Waals surface area contributed by atoms with Gasteiger partial charge in [0.05, 0.1) is 15.5 Å². The molecule has 0 heterocycles. The van der Waals surface area contributed by atoms with Crippen LogP contribution in [0.15, 0.2) is 40.9 Å². The Morgan fingerprint density at radius 2 is 1.95 bits per heavy atom. The van der Waals surface area contributed by atoms with Gasteiger partial charge in [-0.2, -0.15) is 0 Å². The Morgan fingerprint density at radius 1 is 1.24 bits per heavy atom. The molecule has 21 heavy (non-hydrogen) atoms. The molecule has 6 nitrogen and oxygen atoms in total. The number of aryl methyl sites for hydroxylation is 1. The summed E-state index contributed by atoms with van der Waals surface area (Å²) in [7, 11) is 0. The van der Waals surface area contributed by atoms with Crippen LogP contribution in [0.1, 0.15) is 15.9 Å². The van der Waals surface area contributed by atoms with Crippen LogP contribution in [0, 0.1) is 17.0 Å². The Morgan fingerprint density at radius 3 is 2.57 bits per heavy atom. The summed E-state index contributed by atoms with van der Waals surface area (Å²) in [5, 5.41) is 20.0. The molecule has 0 atom stereocenters. The standard InChI is InChI=1S/C14H10BrNO5/c1-8-2-5-12(10(6-8)14(17)18)21-13-7-9(16(19)20)3-4-11(13)15/h2-7H,1H3,(H,17,18). The zero-order valence-corrected chi connectivity index (χ0v) is 12.5. The number of ether oxygens (including phenoxy) is 1. The highest BCUT2D eigenvalue weighted by molar-refractivity contribution is 9.10. The number of aromatic carboxylic acids is 1. The van der Waals surface area contributed by atoms with E-state index in [0.717, 1.165) is 5.56 Å². The number of benzene rings is 2. The number of non-ortho nitro benzene ring substituents is 1. The molecular weight excluding hydrogens is 342 g/mol. The van der Waals surface area contributed by atoms with E-state index >= 15 is 0 Å². The van der Waals surface area contributed by atoms with Crippen molar-refractivity contribution in [2.45, 2.75) is 6.92 Å². The van der Waals surface area contributed by atoms with Crippen LogP contribution in [0.25, 0.3) is 0 Å². The van der Waals surface area contributed by atoms with Crippen molar-refractivity contribution in [3.8, 4) is 11.5 Å². The molecule has 0 fully saturated rings. The molecule has 0 aliphatic rings. The average molecular weight is 352 g/mol. The zero-order valence-electron chi connectivity index (χ0n) is 10.9. The molecule has 0 amide bonds. The van der Waals surface area contributed by atoms with Gasteiger partial charge < -0.3 is 9.84 Å². The van der Waals surface area contributed by atoms with Crippen molar-refractivity contribution in [1.29, 1.82) is 0 Å². The summed E-state index contributed by atoms with van der Waals surface area (Å²) in [5.41, 5.74) is 0.628. The van der Waals surface area contributed by atoms with E-state index in [1.807, 2.05) is 0 Å². The van der Waals surface area contributed by atoms with E-state index in [1.165, 1.54) is 30.3 Å². The minimum Gasteiger partial charge on any atom is -0.478 e. The summed E-state index contributed by atoms with van der Waals surface area (Å²) in [6.07, 6.45) is 0. The average Bonchev–Trinajstić information content (AvgIpc) is 2.42. The fourth-order valence-corrected chi connectivity index (χ4v) is 2.03. The number of carboxylic acids is 1. The minimum absolute atomic E-state index is 0.00611. The molecule has 2 aromatic carbocycles. The van der Waals surface area contributed by atoms with Gasteiger partial charge in [-0.3, -0.25) is 10.1 Å².